The third-order valence-corrected chi connectivity index (χ3v) is 4.84. The lowest BCUT2D eigenvalue weighted by Crippen LogP contribution is -2.36. The van der Waals surface area contributed by atoms with Crippen LogP contribution in [0.5, 0.6) is 0 Å². The van der Waals surface area contributed by atoms with Crippen molar-refractivity contribution in [2.45, 2.75) is 25.5 Å². The molecule has 1 amide bonds. The summed E-state index contributed by atoms with van der Waals surface area (Å²) in [5.41, 5.74) is 3.84. The number of aromatic amines is 1. The molecular formula is C20H19FN2O2. The number of carbonyl (C=O) groups is 1. The number of aliphatic hydroxyl groups is 1. The highest BCUT2D eigenvalue weighted by Crippen LogP contribution is 2.28. The van der Waals surface area contributed by atoms with Crippen LogP contribution in [0.15, 0.2) is 48.5 Å². The standard InChI is InChI=1S/C20H19FN2O2/c21-14-5-3-4-13(10-14)19(24)11-20(25)23-9-8-16-15-6-1-2-7-17(15)22-18(16)12-23/h1-7,10,19,22,24H,8-9,11-12H2. The Morgan fingerprint density at radius 3 is 2.92 bits per heavy atom. The van der Waals surface area contributed by atoms with Crippen LogP contribution in [0.3, 0.4) is 0 Å². The monoisotopic (exact) mass is 338 g/mol. The number of halogens is 1. The predicted octanol–water partition coefficient (Wildman–Crippen LogP) is 3.32. The van der Waals surface area contributed by atoms with E-state index in [4.69, 9.17) is 0 Å². The number of carbonyl (C=O) groups excluding carboxylic acids is 1. The molecule has 0 saturated heterocycles. The predicted molar refractivity (Wildman–Crippen MR) is 93.4 cm³/mol. The van der Waals surface area contributed by atoms with Crippen LogP contribution >= 0.6 is 0 Å². The number of benzene rings is 2. The molecular weight excluding hydrogens is 319 g/mol. The number of aromatic nitrogens is 1. The molecule has 1 unspecified atom stereocenters. The van der Waals surface area contributed by atoms with Crippen LogP contribution in [0, 0.1) is 5.82 Å². The molecule has 0 fully saturated rings. The van der Waals surface area contributed by atoms with E-state index in [0.717, 1.165) is 17.6 Å². The zero-order valence-corrected chi connectivity index (χ0v) is 13.7. The number of nitrogens with one attached hydrogen (secondary N) is 1. The van der Waals surface area contributed by atoms with E-state index in [9.17, 15) is 14.3 Å². The number of rotatable bonds is 3. The minimum atomic E-state index is -0.993. The maximum atomic E-state index is 13.3. The molecule has 2 aromatic carbocycles. The highest BCUT2D eigenvalue weighted by molar-refractivity contribution is 5.85. The van der Waals surface area contributed by atoms with Gasteiger partial charge >= 0.3 is 0 Å². The smallest absolute Gasteiger partial charge is 0.225 e. The first-order chi connectivity index (χ1) is 12.1. The maximum absolute atomic E-state index is 13.3. The van der Waals surface area contributed by atoms with Crippen LogP contribution in [0.25, 0.3) is 10.9 Å². The lowest BCUT2D eigenvalue weighted by molar-refractivity contribution is -0.134. The number of aliphatic hydroxyl groups excluding tert-OH is 1. The molecule has 1 aliphatic rings. The van der Waals surface area contributed by atoms with Crippen molar-refractivity contribution < 1.29 is 14.3 Å². The Hall–Kier alpha value is -2.66. The first-order valence-electron chi connectivity index (χ1n) is 8.41. The Morgan fingerprint density at radius 2 is 2.08 bits per heavy atom. The molecule has 3 aromatic rings. The average molecular weight is 338 g/mol. The van der Waals surface area contributed by atoms with Crippen molar-refractivity contribution >= 4 is 16.8 Å². The summed E-state index contributed by atoms with van der Waals surface area (Å²) in [4.78, 5) is 17.7. The van der Waals surface area contributed by atoms with Gasteiger partial charge in [0, 0.05) is 23.1 Å². The van der Waals surface area contributed by atoms with Crippen molar-refractivity contribution in [3.8, 4) is 0 Å². The number of H-pyrrole nitrogens is 1. The molecule has 0 saturated carbocycles. The van der Waals surface area contributed by atoms with Crippen LogP contribution in [0.4, 0.5) is 4.39 Å². The van der Waals surface area contributed by atoms with E-state index in [2.05, 4.69) is 11.1 Å². The molecule has 0 radical (unpaired) electrons. The lowest BCUT2D eigenvalue weighted by Gasteiger charge is -2.28. The van der Waals surface area contributed by atoms with Gasteiger partial charge in [0.1, 0.15) is 5.82 Å². The molecule has 0 aliphatic carbocycles. The van der Waals surface area contributed by atoms with Gasteiger partial charge in [0.2, 0.25) is 5.91 Å². The lowest BCUT2D eigenvalue weighted by atomic mass is 10.0. The fourth-order valence-corrected chi connectivity index (χ4v) is 3.53. The summed E-state index contributed by atoms with van der Waals surface area (Å²) in [6.45, 7) is 1.14. The van der Waals surface area contributed by atoms with Gasteiger partial charge in [-0.25, -0.2) is 4.39 Å². The zero-order chi connectivity index (χ0) is 17.4. The summed E-state index contributed by atoms with van der Waals surface area (Å²) in [6.07, 6.45) is -0.243. The number of nitrogens with zero attached hydrogens (tertiary/aromatic N) is 1. The Morgan fingerprint density at radius 1 is 1.24 bits per heavy atom. The Bertz CT molecular complexity index is 934. The van der Waals surface area contributed by atoms with Crippen molar-refractivity contribution in [2.75, 3.05) is 6.54 Å². The molecule has 1 aliphatic heterocycles. The Labute approximate surface area is 144 Å². The Balaban J connectivity index is 1.48. The largest absolute Gasteiger partial charge is 0.388 e. The maximum Gasteiger partial charge on any atom is 0.225 e. The highest BCUT2D eigenvalue weighted by atomic mass is 19.1. The summed E-state index contributed by atoms with van der Waals surface area (Å²) in [6, 6.07) is 13.9. The fraction of sp³-hybridized carbons (Fsp3) is 0.250. The average Bonchev–Trinajstić information content (AvgIpc) is 2.99. The summed E-state index contributed by atoms with van der Waals surface area (Å²) in [7, 11) is 0. The quantitative estimate of drug-likeness (QED) is 0.770. The van der Waals surface area contributed by atoms with Crippen LogP contribution in [0.2, 0.25) is 0 Å². The molecule has 25 heavy (non-hydrogen) atoms. The number of para-hydroxylation sites is 1. The second kappa shape index (κ2) is 6.33. The molecule has 4 nitrogen and oxygen atoms in total. The van der Waals surface area contributed by atoms with Gasteiger partial charge in [0.25, 0.3) is 0 Å². The third-order valence-electron chi connectivity index (χ3n) is 4.84. The SMILES string of the molecule is O=C(CC(O)c1cccc(F)c1)N1CCc2c([nH]c3ccccc23)C1. The molecule has 0 bridgehead atoms. The van der Waals surface area contributed by atoms with Crippen molar-refractivity contribution in [3.05, 3.63) is 71.2 Å². The summed E-state index contributed by atoms with van der Waals surface area (Å²) in [5, 5.41) is 11.4. The molecule has 0 spiro atoms. The van der Waals surface area contributed by atoms with Gasteiger partial charge in [-0.05, 0) is 35.7 Å². The molecule has 2 N–H and O–H groups in total. The summed E-state index contributed by atoms with van der Waals surface area (Å²) >= 11 is 0. The second-order valence-electron chi connectivity index (χ2n) is 6.47. The number of amides is 1. The van der Waals surface area contributed by atoms with Gasteiger partial charge in [0.05, 0.1) is 19.1 Å². The molecule has 4 rings (SSSR count). The van der Waals surface area contributed by atoms with Crippen molar-refractivity contribution in [1.82, 2.24) is 9.88 Å². The van der Waals surface area contributed by atoms with Crippen LogP contribution in [-0.2, 0) is 17.8 Å². The van der Waals surface area contributed by atoms with Gasteiger partial charge in [-0.2, -0.15) is 0 Å². The minimum Gasteiger partial charge on any atom is -0.388 e. The van der Waals surface area contributed by atoms with E-state index in [1.807, 2.05) is 18.2 Å². The van der Waals surface area contributed by atoms with Crippen molar-refractivity contribution in [3.63, 3.8) is 0 Å². The Kier molecular flexibility index (Phi) is 4.01. The zero-order valence-electron chi connectivity index (χ0n) is 13.7. The minimum absolute atomic E-state index is 0.0426. The summed E-state index contributed by atoms with van der Waals surface area (Å²) in [5.74, 6) is -0.536. The number of hydrogen-bond acceptors (Lipinski definition) is 2. The van der Waals surface area contributed by atoms with Gasteiger partial charge in [0.15, 0.2) is 0 Å². The van der Waals surface area contributed by atoms with Gasteiger partial charge < -0.3 is 15.0 Å². The molecule has 128 valence electrons. The van der Waals surface area contributed by atoms with Gasteiger partial charge in [-0.15, -0.1) is 0 Å². The van der Waals surface area contributed by atoms with Gasteiger partial charge in [-0.1, -0.05) is 30.3 Å². The highest BCUT2D eigenvalue weighted by Gasteiger charge is 2.25. The molecule has 5 heteroatoms. The van der Waals surface area contributed by atoms with Crippen molar-refractivity contribution in [2.24, 2.45) is 0 Å². The second-order valence-corrected chi connectivity index (χ2v) is 6.47. The van der Waals surface area contributed by atoms with Crippen molar-refractivity contribution in [1.29, 1.82) is 0 Å². The van der Waals surface area contributed by atoms with Crippen LogP contribution in [0.1, 0.15) is 29.3 Å². The van der Waals surface area contributed by atoms with E-state index >= 15 is 0 Å². The first kappa shape index (κ1) is 15.8. The topological polar surface area (TPSA) is 56.3 Å². The molecule has 2 heterocycles. The van der Waals surface area contributed by atoms with Crippen LogP contribution < -0.4 is 0 Å². The van der Waals surface area contributed by atoms with E-state index < -0.39 is 11.9 Å². The van der Waals surface area contributed by atoms with E-state index in [1.54, 1.807) is 11.0 Å². The number of hydrogen-bond donors (Lipinski definition) is 2. The molecule has 1 aromatic heterocycles. The van der Waals surface area contributed by atoms with E-state index in [-0.39, 0.29) is 12.3 Å². The first-order valence-corrected chi connectivity index (χ1v) is 8.41. The van der Waals surface area contributed by atoms with Crippen LogP contribution in [-0.4, -0.2) is 27.4 Å². The third kappa shape index (κ3) is 3.03. The normalized spacial score (nSPS) is 15.2. The summed E-state index contributed by atoms with van der Waals surface area (Å²) < 4.78 is 13.3. The van der Waals surface area contributed by atoms with E-state index in [0.29, 0.717) is 18.7 Å². The fourth-order valence-electron chi connectivity index (χ4n) is 3.53. The number of fused-ring (bicyclic) bond motifs is 3. The molecule has 1 atom stereocenters. The van der Waals surface area contributed by atoms with E-state index in [1.165, 1.54) is 29.1 Å². The van der Waals surface area contributed by atoms with Gasteiger partial charge in [-0.3, -0.25) is 4.79 Å².